The first-order chi connectivity index (χ1) is 12.0. The van der Waals surface area contributed by atoms with Crippen LogP contribution in [0, 0.1) is 5.92 Å². The summed E-state index contributed by atoms with van der Waals surface area (Å²) in [6.45, 7) is 4.51. The molecule has 3 heterocycles. The second kappa shape index (κ2) is 8.36. The average Bonchev–Trinajstić information content (AvgIpc) is 3.12. The van der Waals surface area contributed by atoms with Crippen molar-refractivity contribution < 1.29 is 17.9 Å². The summed E-state index contributed by atoms with van der Waals surface area (Å²) in [5.74, 6) is 1.36. The fraction of sp³-hybridized carbons (Fsp3) is 0.722. The van der Waals surface area contributed by atoms with Crippen LogP contribution in [-0.2, 0) is 10.9 Å². The molecule has 2 aliphatic heterocycles. The third kappa shape index (κ3) is 5.31. The average molecular weight is 357 g/mol. The Balaban J connectivity index is 1.36. The Morgan fingerprint density at radius 2 is 2.00 bits per heavy atom. The Morgan fingerprint density at radius 1 is 1.20 bits per heavy atom. The van der Waals surface area contributed by atoms with Gasteiger partial charge in [0.15, 0.2) is 0 Å². The van der Waals surface area contributed by atoms with Crippen LogP contribution in [0.2, 0.25) is 0 Å². The lowest BCUT2D eigenvalue weighted by atomic mass is 10.0. The number of hydrogen-bond acceptors (Lipinski definition) is 4. The number of nitrogens with one attached hydrogen (secondary N) is 1. The summed E-state index contributed by atoms with van der Waals surface area (Å²) in [5, 5.41) is 3.61. The fourth-order valence-corrected chi connectivity index (χ4v) is 3.56. The van der Waals surface area contributed by atoms with Crippen LogP contribution in [0.4, 0.5) is 19.0 Å². The monoisotopic (exact) mass is 357 g/mol. The molecule has 1 aromatic heterocycles. The number of alkyl halides is 3. The Bertz CT molecular complexity index is 521. The number of nitrogens with zero attached hydrogens (tertiary/aromatic N) is 2. The third-order valence-corrected chi connectivity index (χ3v) is 5.14. The molecule has 1 atom stereocenters. The molecule has 7 heteroatoms. The standard InChI is InChI=1S/C18H26F3N3O/c19-18(20,21)15-3-4-17(23-12-15)24-9-5-16(6-10-24)22-8-1-2-14-7-11-25-13-14/h3-4,12,14,16,22H,1-2,5-11,13H2/t14-/m0/s1. The number of piperidine rings is 1. The molecule has 0 amide bonds. The predicted octanol–water partition coefficient (Wildman–Crippen LogP) is 3.48. The SMILES string of the molecule is FC(F)(F)c1ccc(N2CCC(NCCC[C@H]3CCOC3)CC2)nc1. The summed E-state index contributed by atoms with van der Waals surface area (Å²) >= 11 is 0. The van der Waals surface area contributed by atoms with Gasteiger partial charge in [-0.3, -0.25) is 0 Å². The van der Waals surface area contributed by atoms with Crippen LogP contribution in [0.3, 0.4) is 0 Å². The molecule has 0 bridgehead atoms. The molecule has 1 aromatic rings. The maximum atomic E-state index is 12.6. The molecule has 0 spiro atoms. The molecule has 0 saturated carbocycles. The third-order valence-electron chi connectivity index (χ3n) is 5.14. The first kappa shape index (κ1) is 18.5. The van der Waals surface area contributed by atoms with Crippen molar-refractivity contribution >= 4 is 5.82 Å². The Labute approximate surface area is 146 Å². The number of anilines is 1. The second-order valence-corrected chi connectivity index (χ2v) is 6.99. The topological polar surface area (TPSA) is 37.4 Å². The van der Waals surface area contributed by atoms with Crippen molar-refractivity contribution in [2.75, 3.05) is 37.7 Å². The molecule has 4 nitrogen and oxygen atoms in total. The van der Waals surface area contributed by atoms with Crippen molar-refractivity contribution in [1.82, 2.24) is 10.3 Å². The molecule has 1 N–H and O–H groups in total. The summed E-state index contributed by atoms with van der Waals surface area (Å²) in [7, 11) is 0. The molecular formula is C18H26F3N3O. The molecule has 2 aliphatic rings. The van der Waals surface area contributed by atoms with E-state index in [1.54, 1.807) is 0 Å². The number of pyridine rings is 1. The zero-order chi connectivity index (χ0) is 17.7. The molecule has 2 saturated heterocycles. The highest BCUT2D eigenvalue weighted by Crippen LogP contribution is 2.29. The van der Waals surface area contributed by atoms with Gasteiger partial charge in [-0.15, -0.1) is 0 Å². The Morgan fingerprint density at radius 3 is 2.60 bits per heavy atom. The lowest BCUT2D eigenvalue weighted by Gasteiger charge is -2.33. The largest absolute Gasteiger partial charge is 0.417 e. The highest BCUT2D eigenvalue weighted by atomic mass is 19.4. The fourth-order valence-electron chi connectivity index (χ4n) is 3.56. The van der Waals surface area contributed by atoms with Crippen LogP contribution in [0.25, 0.3) is 0 Å². The van der Waals surface area contributed by atoms with E-state index in [1.807, 2.05) is 0 Å². The van der Waals surface area contributed by atoms with Crippen molar-refractivity contribution in [1.29, 1.82) is 0 Å². The van der Waals surface area contributed by atoms with Gasteiger partial charge in [0.1, 0.15) is 5.82 Å². The van der Waals surface area contributed by atoms with Gasteiger partial charge in [0.2, 0.25) is 0 Å². The van der Waals surface area contributed by atoms with Gasteiger partial charge >= 0.3 is 6.18 Å². The highest BCUT2D eigenvalue weighted by Gasteiger charge is 2.31. The van der Waals surface area contributed by atoms with E-state index in [0.717, 1.165) is 63.9 Å². The summed E-state index contributed by atoms with van der Waals surface area (Å²) in [6.07, 6.45) is 2.18. The van der Waals surface area contributed by atoms with Gasteiger partial charge in [0.25, 0.3) is 0 Å². The second-order valence-electron chi connectivity index (χ2n) is 6.99. The van der Waals surface area contributed by atoms with Crippen LogP contribution in [0.1, 0.15) is 37.7 Å². The van der Waals surface area contributed by atoms with Gasteiger partial charge in [0, 0.05) is 38.5 Å². The molecular weight excluding hydrogens is 331 g/mol. The van der Waals surface area contributed by atoms with Gasteiger partial charge in [0.05, 0.1) is 5.56 Å². The van der Waals surface area contributed by atoms with Crippen molar-refractivity contribution in [2.24, 2.45) is 5.92 Å². The normalized spacial score (nSPS) is 22.5. The first-order valence-electron chi connectivity index (χ1n) is 9.11. The molecule has 25 heavy (non-hydrogen) atoms. The Hall–Kier alpha value is -1.34. The summed E-state index contributed by atoms with van der Waals surface area (Å²) in [5.41, 5.74) is -0.694. The number of ether oxygens (including phenoxy) is 1. The lowest BCUT2D eigenvalue weighted by Crippen LogP contribution is -2.43. The van der Waals surface area contributed by atoms with Gasteiger partial charge in [-0.2, -0.15) is 13.2 Å². The summed E-state index contributed by atoms with van der Waals surface area (Å²) in [6, 6.07) is 3.07. The number of rotatable bonds is 6. The van der Waals surface area contributed by atoms with Crippen LogP contribution < -0.4 is 10.2 Å². The minimum atomic E-state index is -4.33. The van der Waals surface area contributed by atoms with Crippen molar-refractivity contribution in [2.45, 2.75) is 44.3 Å². The highest BCUT2D eigenvalue weighted by molar-refractivity contribution is 5.40. The molecule has 0 aromatic carbocycles. The van der Waals surface area contributed by atoms with E-state index >= 15 is 0 Å². The van der Waals surface area contributed by atoms with Crippen molar-refractivity contribution in [3.05, 3.63) is 23.9 Å². The predicted molar refractivity (Wildman–Crippen MR) is 90.6 cm³/mol. The van der Waals surface area contributed by atoms with E-state index in [4.69, 9.17) is 4.74 Å². The van der Waals surface area contributed by atoms with E-state index in [-0.39, 0.29) is 0 Å². The summed E-state index contributed by atoms with van der Waals surface area (Å²) < 4.78 is 43.2. The van der Waals surface area contributed by atoms with E-state index < -0.39 is 11.7 Å². The quantitative estimate of drug-likeness (QED) is 0.791. The van der Waals surface area contributed by atoms with Crippen molar-refractivity contribution in [3.63, 3.8) is 0 Å². The maximum Gasteiger partial charge on any atom is 0.417 e. The number of hydrogen-bond donors (Lipinski definition) is 1. The van der Waals surface area contributed by atoms with Gasteiger partial charge in [-0.05, 0) is 56.7 Å². The molecule has 140 valence electrons. The molecule has 2 fully saturated rings. The van der Waals surface area contributed by atoms with E-state index in [2.05, 4.69) is 15.2 Å². The van der Waals surface area contributed by atoms with E-state index in [9.17, 15) is 13.2 Å². The molecule has 0 aliphatic carbocycles. The maximum absolute atomic E-state index is 12.6. The van der Waals surface area contributed by atoms with Crippen LogP contribution in [0.15, 0.2) is 18.3 Å². The van der Waals surface area contributed by atoms with Crippen LogP contribution in [0.5, 0.6) is 0 Å². The number of halogens is 3. The number of aromatic nitrogens is 1. The summed E-state index contributed by atoms with van der Waals surface area (Å²) in [4.78, 5) is 6.05. The zero-order valence-electron chi connectivity index (χ0n) is 14.4. The van der Waals surface area contributed by atoms with Crippen LogP contribution in [-0.4, -0.2) is 43.9 Å². The van der Waals surface area contributed by atoms with Crippen molar-refractivity contribution in [3.8, 4) is 0 Å². The van der Waals surface area contributed by atoms with E-state index in [1.165, 1.54) is 25.3 Å². The zero-order valence-corrected chi connectivity index (χ0v) is 14.4. The van der Waals surface area contributed by atoms with Crippen LogP contribution >= 0.6 is 0 Å². The minimum absolute atomic E-state index is 0.491. The molecule has 3 rings (SSSR count). The lowest BCUT2D eigenvalue weighted by molar-refractivity contribution is -0.137. The van der Waals surface area contributed by atoms with Gasteiger partial charge in [-0.25, -0.2) is 4.98 Å². The van der Waals surface area contributed by atoms with E-state index in [0.29, 0.717) is 11.9 Å². The Kier molecular flexibility index (Phi) is 6.17. The molecule has 0 radical (unpaired) electrons. The molecule has 0 unspecified atom stereocenters. The first-order valence-corrected chi connectivity index (χ1v) is 9.11. The minimum Gasteiger partial charge on any atom is -0.381 e. The van der Waals surface area contributed by atoms with Gasteiger partial charge in [-0.1, -0.05) is 0 Å². The van der Waals surface area contributed by atoms with Gasteiger partial charge < -0.3 is 15.0 Å². The smallest absolute Gasteiger partial charge is 0.381 e.